The molecule has 1 unspecified atom stereocenters. The molecule has 0 spiro atoms. The van der Waals surface area contributed by atoms with Crippen molar-refractivity contribution in [2.75, 3.05) is 45.0 Å². The van der Waals surface area contributed by atoms with Gasteiger partial charge >= 0.3 is 5.97 Å². The van der Waals surface area contributed by atoms with E-state index in [1.54, 1.807) is 25.8 Å². The standard InChI is InChI=1S/C10H21NO4S/c1-3-15-10(12)9(11)8-16-7-6-14-5-4-13-2/h9H,3-8,11H2,1-2H3. The summed E-state index contributed by atoms with van der Waals surface area (Å²) in [6, 6.07) is -0.538. The normalized spacial score (nSPS) is 12.4. The monoisotopic (exact) mass is 251 g/mol. The summed E-state index contributed by atoms with van der Waals surface area (Å²) in [4.78, 5) is 11.1. The van der Waals surface area contributed by atoms with E-state index in [2.05, 4.69) is 0 Å². The molecule has 6 heteroatoms. The number of esters is 1. The molecule has 0 aromatic carbocycles. The lowest BCUT2D eigenvalue weighted by atomic mass is 10.4. The molecule has 0 aliphatic heterocycles. The van der Waals surface area contributed by atoms with E-state index in [0.29, 0.717) is 32.2 Å². The average Bonchev–Trinajstić information content (AvgIpc) is 2.28. The maximum atomic E-state index is 11.1. The van der Waals surface area contributed by atoms with Crippen LogP contribution in [0.25, 0.3) is 0 Å². The number of hydrogen-bond acceptors (Lipinski definition) is 6. The number of carbonyl (C=O) groups is 1. The first-order chi connectivity index (χ1) is 7.72. The second kappa shape index (κ2) is 11.2. The fraction of sp³-hybridized carbons (Fsp3) is 0.900. The Kier molecular flexibility index (Phi) is 11.0. The van der Waals surface area contributed by atoms with E-state index in [1.807, 2.05) is 0 Å². The van der Waals surface area contributed by atoms with Gasteiger partial charge in [-0.25, -0.2) is 0 Å². The lowest BCUT2D eigenvalue weighted by molar-refractivity contribution is -0.144. The number of carbonyl (C=O) groups excluding carboxylic acids is 1. The smallest absolute Gasteiger partial charge is 0.323 e. The van der Waals surface area contributed by atoms with Gasteiger partial charge in [-0.3, -0.25) is 4.79 Å². The lowest BCUT2D eigenvalue weighted by Gasteiger charge is -2.09. The third-order valence-corrected chi connectivity index (χ3v) is 2.74. The number of nitrogens with two attached hydrogens (primary N) is 1. The van der Waals surface area contributed by atoms with Crippen LogP contribution in [0.4, 0.5) is 0 Å². The molecule has 0 saturated carbocycles. The predicted molar refractivity (Wildman–Crippen MR) is 64.6 cm³/mol. The van der Waals surface area contributed by atoms with Gasteiger partial charge < -0.3 is 19.9 Å². The van der Waals surface area contributed by atoms with Gasteiger partial charge in [0.2, 0.25) is 0 Å². The predicted octanol–water partition coefficient (Wildman–Crippen LogP) is 0.273. The quantitative estimate of drug-likeness (QED) is 0.444. The van der Waals surface area contributed by atoms with E-state index in [1.165, 1.54) is 0 Å². The lowest BCUT2D eigenvalue weighted by Crippen LogP contribution is -2.34. The fourth-order valence-electron chi connectivity index (χ4n) is 0.890. The van der Waals surface area contributed by atoms with Crippen molar-refractivity contribution in [2.45, 2.75) is 13.0 Å². The Morgan fingerprint density at radius 1 is 1.38 bits per heavy atom. The fourth-order valence-corrected chi connectivity index (χ4v) is 1.68. The van der Waals surface area contributed by atoms with Crippen LogP contribution in [-0.4, -0.2) is 57.1 Å². The van der Waals surface area contributed by atoms with E-state index in [4.69, 9.17) is 19.9 Å². The van der Waals surface area contributed by atoms with Crippen LogP contribution in [0.3, 0.4) is 0 Å². The van der Waals surface area contributed by atoms with Crippen molar-refractivity contribution in [1.82, 2.24) is 0 Å². The van der Waals surface area contributed by atoms with E-state index in [-0.39, 0.29) is 5.97 Å². The molecule has 0 heterocycles. The molecule has 0 bridgehead atoms. The average molecular weight is 251 g/mol. The van der Waals surface area contributed by atoms with Crippen LogP contribution in [0, 0.1) is 0 Å². The first-order valence-electron chi connectivity index (χ1n) is 5.29. The van der Waals surface area contributed by atoms with Gasteiger partial charge in [-0.1, -0.05) is 0 Å². The van der Waals surface area contributed by atoms with Crippen molar-refractivity contribution in [3.8, 4) is 0 Å². The maximum absolute atomic E-state index is 11.1. The Bertz CT molecular complexity index is 180. The van der Waals surface area contributed by atoms with Crippen LogP contribution in [0.15, 0.2) is 0 Å². The Morgan fingerprint density at radius 3 is 2.75 bits per heavy atom. The summed E-state index contributed by atoms with van der Waals surface area (Å²) < 4.78 is 14.9. The number of rotatable bonds is 10. The van der Waals surface area contributed by atoms with Crippen molar-refractivity contribution in [3.05, 3.63) is 0 Å². The molecule has 0 amide bonds. The molecule has 16 heavy (non-hydrogen) atoms. The number of methoxy groups -OCH3 is 1. The maximum Gasteiger partial charge on any atom is 0.323 e. The van der Waals surface area contributed by atoms with Gasteiger partial charge in [-0.05, 0) is 6.92 Å². The molecule has 96 valence electrons. The molecule has 1 atom stereocenters. The van der Waals surface area contributed by atoms with Gasteiger partial charge in [0.05, 0.1) is 26.4 Å². The summed E-state index contributed by atoms with van der Waals surface area (Å²) in [5, 5.41) is 0. The Labute approximate surface area is 101 Å². The van der Waals surface area contributed by atoms with E-state index in [0.717, 1.165) is 5.75 Å². The third kappa shape index (κ3) is 8.96. The van der Waals surface area contributed by atoms with Crippen molar-refractivity contribution in [1.29, 1.82) is 0 Å². The molecule has 0 aliphatic carbocycles. The number of thioether (sulfide) groups is 1. The van der Waals surface area contributed by atoms with Gasteiger partial charge in [-0.2, -0.15) is 11.8 Å². The molecule has 0 rings (SSSR count). The third-order valence-electron chi connectivity index (χ3n) is 1.69. The minimum Gasteiger partial charge on any atom is -0.465 e. The minimum atomic E-state index is -0.538. The number of hydrogen-bond donors (Lipinski definition) is 1. The Balaban J connectivity index is 3.27. The van der Waals surface area contributed by atoms with Crippen LogP contribution < -0.4 is 5.73 Å². The highest BCUT2D eigenvalue weighted by atomic mass is 32.2. The zero-order valence-corrected chi connectivity index (χ0v) is 10.8. The van der Waals surface area contributed by atoms with Gasteiger partial charge in [0.15, 0.2) is 0 Å². The van der Waals surface area contributed by atoms with Crippen LogP contribution in [-0.2, 0) is 19.0 Å². The zero-order chi connectivity index (χ0) is 12.2. The summed E-state index contributed by atoms with van der Waals surface area (Å²) in [6.45, 7) is 3.98. The second-order valence-electron chi connectivity index (χ2n) is 3.04. The van der Waals surface area contributed by atoms with Crippen molar-refractivity contribution >= 4 is 17.7 Å². The molecule has 0 aromatic rings. The van der Waals surface area contributed by atoms with Crippen LogP contribution >= 0.6 is 11.8 Å². The van der Waals surface area contributed by atoms with Gasteiger partial charge in [0.1, 0.15) is 6.04 Å². The topological polar surface area (TPSA) is 70.8 Å². The summed E-state index contributed by atoms with van der Waals surface area (Å²) in [5.41, 5.74) is 5.61. The summed E-state index contributed by atoms with van der Waals surface area (Å²) in [7, 11) is 1.64. The first kappa shape index (κ1) is 15.7. The highest BCUT2D eigenvalue weighted by Crippen LogP contribution is 2.02. The molecule has 0 radical (unpaired) electrons. The molecule has 0 saturated heterocycles. The zero-order valence-electron chi connectivity index (χ0n) is 9.94. The molecular weight excluding hydrogens is 230 g/mol. The summed E-state index contributed by atoms with van der Waals surface area (Å²) in [6.07, 6.45) is 0. The number of ether oxygens (including phenoxy) is 3. The largest absolute Gasteiger partial charge is 0.465 e. The van der Waals surface area contributed by atoms with E-state index >= 15 is 0 Å². The van der Waals surface area contributed by atoms with Crippen LogP contribution in [0.2, 0.25) is 0 Å². The second-order valence-corrected chi connectivity index (χ2v) is 4.19. The van der Waals surface area contributed by atoms with Gasteiger partial charge in [-0.15, -0.1) is 0 Å². The summed E-state index contributed by atoms with van der Waals surface area (Å²) >= 11 is 1.58. The van der Waals surface area contributed by atoms with Crippen molar-refractivity contribution in [3.63, 3.8) is 0 Å². The van der Waals surface area contributed by atoms with Crippen molar-refractivity contribution < 1.29 is 19.0 Å². The first-order valence-corrected chi connectivity index (χ1v) is 6.44. The molecule has 2 N–H and O–H groups in total. The van der Waals surface area contributed by atoms with Crippen molar-refractivity contribution in [2.24, 2.45) is 5.73 Å². The van der Waals surface area contributed by atoms with Crippen LogP contribution in [0.5, 0.6) is 0 Å². The molecule has 0 fully saturated rings. The minimum absolute atomic E-state index is 0.338. The Morgan fingerprint density at radius 2 is 2.12 bits per heavy atom. The van der Waals surface area contributed by atoms with E-state index in [9.17, 15) is 4.79 Å². The summed E-state index contributed by atoms with van der Waals surface area (Å²) in [5.74, 6) is 1.04. The molecular formula is C10H21NO4S. The van der Waals surface area contributed by atoms with Gasteiger partial charge in [0.25, 0.3) is 0 Å². The SMILES string of the molecule is CCOC(=O)C(N)CSCCOCCOC. The molecule has 0 aliphatic rings. The highest BCUT2D eigenvalue weighted by molar-refractivity contribution is 7.99. The van der Waals surface area contributed by atoms with Gasteiger partial charge in [0, 0.05) is 18.6 Å². The van der Waals surface area contributed by atoms with Crippen LogP contribution in [0.1, 0.15) is 6.92 Å². The Hall–Kier alpha value is -0.300. The molecule has 5 nitrogen and oxygen atoms in total. The van der Waals surface area contributed by atoms with E-state index < -0.39 is 6.04 Å². The molecule has 0 aromatic heterocycles. The highest BCUT2D eigenvalue weighted by Gasteiger charge is 2.13.